The first-order valence-electron chi connectivity index (χ1n) is 22.3. The van der Waals surface area contributed by atoms with Crippen LogP contribution in [0.15, 0.2) is 36.5 Å². The second-order valence-corrected chi connectivity index (χ2v) is 17.1. The number of phosphoric ester groups is 1. The highest BCUT2D eigenvalue weighted by Crippen LogP contribution is 2.36. The van der Waals surface area contributed by atoms with E-state index in [2.05, 4.69) is 49.6 Å². The Morgan fingerprint density at radius 3 is 1.61 bits per heavy atom. The number of carbonyl (C=O) groups excluding carboxylic acids is 2. The van der Waals surface area contributed by atoms with E-state index in [0.717, 1.165) is 44.4 Å². The average Bonchev–Trinajstić information content (AvgIpc) is 3.15. The summed E-state index contributed by atoms with van der Waals surface area (Å²) in [6, 6.07) is 0. The Labute approximate surface area is 341 Å². The molecule has 0 fully saturated rings. The fourth-order valence-electron chi connectivity index (χ4n) is 6.31. The van der Waals surface area contributed by atoms with Crippen LogP contribution < -0.4 is 0 Å². The predicted molar refractivity (Wildman–Crippen MR) is 228 cm³/mol. The van der Waals surface area contributed by atoms with Crippen molar-refractivity contribution in [1.29, 1.82) is 0 Å². The van der Waals surface area contributed by atoms with Gasteiger partial charge in [0, 0.05) is 12.8 Å². The Hall–Kier alpha value is -1.81. The van der Waals surface area contributed by atoms with E-state index in [1.807, 2.05) is 12.2 Å². The van der Waals surface area contributed by atoms with Crippen LogP contribution in [0.3, 0.4) is 0 Å². The normalized spacial score (nSPS) is 14.0. The number of carbonyl (C=O) groups is 2. The molecule has 0 saturated carbocycles. The molecule has 4 N–H and O–H groups in total. The highest BCUT2D eigenvalue weighted by atomic mass is 31.2. The molecule has 11 heteroatoms. The summed E-state index contributed by atoms with van der Waals surface area (Å²) in [5, 5.41) is 20.6. The second kappa shape index (κ2) is 38.7. The highest BCUT2D eigenvalue weighted by molar-refractivity contribution is 7.46. The smallest absolute Gasteiger partial charge is 0.462 e. The van der Waals surface area contributed by atoms with Crippen molar-refractivity contribution in [3.63, 3.8) is 0 Å². The summed E-state index contributed by atoms with van der Waals surface area (Å²) in [7, 11) is -4.84. The summed E-state index contributed by atoms with van der Waals surface area (Å²) in [5.74, 6) is -0.333. The Morgan fingerprint density at radius 2 is 1.07 bits per heavy atom. The maximum absolute atomic E-state index is 12.5. The molecule has 0 aromatic heterocycles. The Kier molecular flexibility index (Phi) is 37.4. The first-order valence-corrected chi connectivity index (χ1v) is 23.8. The zero-order chi connectivity index (χ0) is 41.5. The van der Waals surface area contributed by atoms with Crippen LogP contribution in [0.25, 0.3) is 0 Å². The van der Waals surface area contributed by atoms with Crippen molar-refractivity contribution in [3.8, 4) is 0 Å². The molecule has 0 aliphatic carbocycles. The molecule has 0 aliphatic heterocycles. The number of hydrogen-bond donors (Lipinski definition) is 4. The molecule has 328 valence electrons. The average molecular weight is 815 g/mol. The van der Waals surface area contributed by atoms with Gasteiger partial charge in [-0.3, -0.25) is 14.1 Å². The topological polar surface area (TPSA) is 160 Å². The highest BCUT2D eigenvalue weighted by Gasteiger charge is 2.23. The lowest BCUT2D eigenvalue weighted by Crippen LogP contribution is -2.30. The quantitative estimate of drug-likeness (QED) is 0.0203. The van der Waals surface area contributed by atoms with E-state index in [4.69, 9.17) is 19.3 Å². The van der Waals surface area contributed by atoms with E-state index >= 15 is 0 Å². The van der Waals surface area contributed by atoms with Gasteiger partial charge < -0.3 is 29.5 Å². The molecule has 56 heavy (non-hydrogen) atoms. The monoisotopic (exact) mass is 815 g/mol. The minimum Gasteiger partial charge on any atom is -0.462 e. The molecule has 0 amide bonds. The summed E-state index contributed by atoms with van der Waals surface area (Å²) in [6.07, 6.45) is 37.5. The third kappa shape index (κ3) is 40.4. The van der Waals surface area contributed by atoms with Gasteiger partial charge in [-0.2, -0.15) is 0 Å². The van der Waals surface area contributed by atoms with Crippen LogP contribution >= 0.6 is 7.82 Å². The van der Waals surface area contributed by atoms with E-state index in [-0.39, 0.29) is 38.7 Å². The Balaban J connectivity index is 4.09. The van der Waals surface area contributed by atoms with E-state index in [9.17, 15) is 24.4 Å². The number of hydrogen-bond acceptors (Lipinski definition) is 8. The maximum Gasteiger partial charge on any atom is 0.469 e. The Morgan fingerprint density at radius 1 is 0.571 bits per heavy atom. The molecule has 0 radical (unpaired) electrons. The fraction of sp³-hybridized carbons (Fsp3) is 0.822. The molecule has 0 heterocycles. The lowest BCUT2D eigenvalue weighted by molar-refractivity contribution is -0.161. The van der Waals surface area contributed by atoms with Crippen molar-refractivity contribution >= 4 is 19.8 Å². The SMILES string of the molecule is CCCCC/C=C\C/C=C\C/C=C\CC(O)C(O)CCCC(=O)O[C@H](COC(=O)CCCCCCCCCCCCCCCCCCC(C)C)COP(=O)(O)O. The molecule has 0 aromatic rings. The third-order valence-corrected chi connectivity index (χ3v) is 10.3. The van der Waals surface area contributed by atoms with Crippen molar-refractivity contribution in [2.75, 3.05) is 13.2 Å². The number of allylic oxidation sites excluding steroid dienone is 5. The molecule has 2 unspecified atom stereocenters. The molecular formula is C45H83O10P. The number of unbranched alkanes of at least 4 members (excludes halogenated alkanes) is 18. The van der Waals surface area contributed by atoms with Crippen LogP contribution in [0, 0.1) is 5.92 Å². The number of rotatable bonds is 40. The molecule has 10 nitrogen and oxygen atoms in total. The number of aliphatic hydroxyl groups excluding tert-OH is 2. The number of ether oxygens (including phenoxy) is 2. The molecule has 0 aromatic carbocycles. The van der Waals surface area contributed by atoms with Crippen molar-refractivity contribution in [1.82, 2.24) is 0 Å². The zero-order valence-corrected chi connectivity index (χ0v) is 36.6. The van der Waals surface area contributed by atoms with E-state index in [1.165, 1.54) is 103 Å². The minimum atomic E-state index is -4.84. The number of phosphoric acid groups is 1. The zero-order valence-electron chi connectivity index (χ0n) is 35.7. The van der Waals surface area contributed by atoms with Crippen molar-refractivity contribution in [2.45, 2.75) is 219 Å². The molecular weight excluding hydrogens is 731 g/mol. The van der Waals surface area contributed by atoms with Crippen molar-refractivity contribution in [2.24, 2.45) is 5.92 Å². The molecule has 0 aliphatic rings. The summed E-state index contributed by atoms with van der Waals surface area (Å²) in [4.78, 5) is 43.0. The summed E-state index contributed by atoms with van der Waals surface area (Å²) in [5.41, 5.74) is 0. The van der Waals surface area contributed by atoms with Crippen LogP contribution in [0.1, 0.15) is 201 Å². The fourth-order valence-corrected chi connectivity index (χ4v) is 6.67. The molecule has 0 spiro atoms. The second-order valence-electron chi connectivity index (χ2n) is 15.8. The lowest BCUT2D eigenvalue weighted by Gasteiger charge is -2.19. The van der Waals surface area contributed by atoms with Gasteiger partial charge in [-0.05, 0) is 57.3 Å². The van der Waals surface area contributed by atoms with Gasteiger partial charge in [0.2, 0.25) is 0 Å². The first-order chi connectivity index (χ1) is 26.9. The van der Waals surface area contributed by atoms with Crippen LogP contribution in [0.5, 0.6) is 0 Å². The van der Waals surface area contributed by atoms with E-state index < -0.39 is 44.7 Å². The van der Waals surface area contributed by atoms with Gasteiger partial charge in [0.05, 0.1) is 18.8 Å². The Bertz CT molecular complexity index is 1050. The van der Waals surface area contributed by atoms with Gasteiger partial charge >= 0.3 is 19.8 Å². The van der Waals surface area contributed by atoms with Crippen LogP contribution in [-0.2, 0) is 28.2 Å². The lowest BCUT2D eigenvalue weighted by atomic mass is 10.0. The standard InChI is InChI=1S/C45H83O10P/c1-4-5-6-7-8-9-10-18-21-24-27-30-34-42(46)43(47)35-32-37-45(49)55-41(39-54-56(50,51)52)38-53-44(48)36-31-28-25-22-19-16-14-12-11-13-15-17-20-23-26-29-33-40(2)3/h8-9,18,21,27,30,40-43,46-47H,4-7,10-17,19-20,22-26,28-29,31-39H2,1-3H3,(H2,50,51,52)/b9-8-,21-18-,30-27-/t41-,42?,43?/m1/s1. The van der Waals surface area contributed by atoms with Gasteiger partial charge in [-0.1, -0.05) is 173 Å². The van der Waals surface area contributed by atoms with Crippen molar-refractivity contribution in [3.05, 3.63) is 36.5 Å². The van der Waals surface area contributed by atoms with Gasteiger partial charge in [-0.15, -0.1) is 0 Å². The van der Waals surface area contributed by atoms with Gasteiger partial charge in [0.15, 0.2) is 6.10 Å². The first kappa shape index (κ1) is 54.2. The van der Waals surface area contributed by atoms with Crippen LogP contribution in [0.2, 0.25) is 0 Å². The predicted octanol–water partition coefficient (Wildman–Crippen LogP) is 11.5. The molecule has 3 atom stereocenters. The van der Waals surface area contributed by atoms with Crippen LogP contribution in [0.4, 0.5) is 0 Å². The van der Waals surface area contributed by atoms with E-state index in [0.29, 0.717) is 6.42 Å². The summed E-state index contributed by atoms with van der Waals surface area (Å²) in [6.45, 7) is 5.77. The number of aliphatic hydroxyl groups is 2. The maximum atomic E-state index is 12.5. The van der Waals surface area contributed by atoms with E-state index in [1.54, 1.807) is 0 Å². The van der Waals surface area contributed by atoms with Crippen molar-refractivity contribution < 1.29 is 48.2 Å². The summed E-state index contributed by atoms with van der Waals surface area (Å²) < 4.78 is 26.3. The number of esters is 2. The largest absolute Gasteiger partial charge is 0.469 e. The third-order valence-electron chi connectivity index (χ3n) is 9.79. The molecule has 0 bridgehead atoms. The van der Waals surface area contributed by atoms with Gasteiger partial charge in [-0.25, -0.2) is 4.57 Å². The molecule has 0 saturated heterocycles. The molecule has 0 rings (SSSR count). The van der Waals surface area contributed by atoms with Gasteiger partial charge in [0.1, 0.15) is 6.61 Å². The van der Waals surface area contributed by atoms with Crippen LogP contribution in [-0.4, -0.2) is 63.5 Å². The van der Waals surface area contributed by atoms with Gasteiger partial charge in [0.25, 0.3) is 0 Å². The minimum absolute atomic E-state index is 0.101. The summed E-state index contributed by atoms with van der Waals surface area (Å²) >= 11 is 0.